The number of pyridine rings is 1. The lowest BCUT2D eigenvalue weighted by Crippen LogP contribution is -2.62. The van der Waals surface area contributed by atoms with Gasteiger partial charge in [-0.1, -0.05) is 6.07 Å². The van der Waals surface area contributed by atoms with Crippen molar-refractivity contribution < 1.29 is 14.0 Å². The largest absolute Gasteiger partial charge is 0.598 e. The van der Waals surface area contributed by atoms with E-state index < -0.39 is 17.7 Å². The number of hydrogen-bond acceptors (Lipinski definition) is 6. The van der Waals surface area contributed by atoms with E-state index in [2.05, 4.69) is 15.0 Å². The number of ether oxygens (including phenoxy) is 2. The van der Waals surface area contributed by atoms with Crippen LogP contribution in [0.15, 0.2) is 12.1 Å². The average molecular weight is 311 g/mol. The molecule has 1 atom stereocenters. The summed E-state index contributed by atoms with van der Waals surface area (Å²) >= 11 is -1.01. The van der Waals surface area contributed by atoms with Gasteiger partial charge < -0.3 is 19.3 Å². The maximum absolute atomic E-state index is 11.9. The Labute approximate surface area is 127 Å². The summed E-state index contributed by atoms with van der Waals surface area (Å²) in [5.41, 5.74) is 1.62. The molecule has 0 spiro atoms. The summed E-state index contributed by atoms with van der Waals surface area (Å²) in [5, 5.41) is 3.42. The van der Waals surface area contributed by atoms with E-state index in [0.717, 1.165) is 29.9 Å². The van der Waals surface area contributed by atoms with E-state index in [0.29, 0.717) is 11.8 Å². The van der Waals surface area contributed by atoms with Gasteiger partial charge in [-0.15, -0.1) is 4.72 Å². The van der Waals surface area contributed by atoms with E-state index in [4.69, 9.17) is 9.47 Å². The van der Waals surface area contributed by atoms with Gasteiger partial charge in [0.15, 0.2) is 0 Å². The highest BCUT2D eigenvalue weighted by Gasteiger charge is 2.53. The molecule has 21 heavy (non-hydrogen) atoms. The number of rotatable bonds is 6. The van der Waals surface area contributed by atoms with Crippen LogP contribution in [-0.4, -0.2) is 35.6 Å². The number of nitrogens with one attached hydrogen (secondary N) is 2. The van der Waals surface area contributed by atoms with Crippen molar-refractivity contribution in [3.63, 3.8) is 0 Å². The fourth-order valence-corrected chi connectivity index (χ4v) is 4.02. The fraction of sp³-hybridized carbons (Fsp3) is 0.643. The lowest BCUT2D eigenvalue weighted by atomic mass is 9.66. The zero-order chi connectivity index (χ0) is 15.0. The molecule has 1 saturated carbocycles. The molecule has 4 rings (SSSR count). The molecule has 1 fully saturated rings. The molecular weight excluding hydrogens is 290 g/mol. The molecule has 1 aromatic heterocycles. The summed E-state index contributed by atoms with van der Waals surface area (Å²) < 4.78 is 25.7. The van der Waals surface area contributed by atoms with Crippen LogP contribution in [0.2, 0.25) is 0 Å². The van der Waals surface area contributed by atoms with E-state index in [1.165, 1.54) is 0 Å². The van der Waals surface area contributed by atoms with Crippen LogP contribution in [0, 0.1) is 0 Å². The minimum Gasteiger partial charge on any atom is -0.598 e. The van der Waals surface area contributed by atoms with Crippen molar-refractivity contribution in [3.05, 3.63) is 23.4 Å². The van der Waals surface area contributed by atoms with Crippen LogP contribution in [0.5, 0.6) is 0 Å². The van der Waals surface area contributed by atoms with Crippen molar-refractivity contribution in [2.75, 3.05) is 25.3 Å². The van der Waals surface area contributed by atoms with Crippen molar-refractivity contribution >= 4 is 17.2 Å². The minimum absolute atomic E-state index is 0.201. The van der Waals surface area contributed by atoms with Gasteiger partial charge in [0.2, 0.25) is 6.29 Å². The Kier molecular flexibility index (Phi) is 4.11. The van der Waals surface area contributed by atoms with Crippen molar-refractivity contribution in [3.8, 4) is 0 Å². The first-order valence-corrected chi connectivity index (χ1v) is 8.43. The number of anilines is 1. The Balaban J connectivity index is 1.90. The van der Waals surface area contributed by atoms with E-state index in [1.807, 2.05) is 19.1 Å². The molecule has 7 heteroatoms. The molecule has 3 heterocycles. The van der Waals surface area contributed by atoms with Crippen LogP contribution < -0.4 is 10.0 Å². The predicted molar refractivity (Wildman–Crippen MR) is 81.1 cm³/mol. The maximum Gasteiger partial charge on any atom is 0.200 e. The van der Waals surface area contributed by atoms with Crippen LogP contribution >= 0.6 is 0 Å². The first kappa shape index (κ1) is 15.1. The normalized spacial score (nSPS) is 27.8. The lowest BCUT2D eigenvalue weighted by molar-refractivity contribution is -0.108. The average Bonchev–Trinajstić information content (AvgIpc) is 2.47. The summed E-state index contributed by atoms with van der Waals surface area (Å²) in [5.74, 6) is 1.45. The molecule has 0 saturated heterocycles. The Morgan fingerprint density at radius 3 is 2.81 bits per heavy atom. The van der Waals surface area contributed by atoms with E-state index in [9.17, 15) is 4.55 Å². The third kappa shape index (κ3) is 2.53. The minimum atomic E-state index is -1.01. The maximum atomic E-state index is 11.9. The van der Waals surface area contributed by atoms with E-state index >= 15 is 0 Å². The van der Waals surface area contributed by atoms with E-state index in [-0.39, 0.29) is 5.54 Å². The molecule has 3 aliphatic rings. The topological polar surface area (TPSA) is 78.5 Å². The molecule has 6 nitrogen and oxygen atoms in total. The summed E-state index contributed by atoms with van der Waals surface area (Å²) in [6.07, 6.45) is 1.43. The van der Waals surface area contributed by atoms with Crippen LogP contribution in [0.4, 0.5) is 5.82 Å². The van der Waals surface area contributed by atoms with Gasteiger partial charge in [-0.2, -0.15) is 0 Å². The first-order valence-electron chi connectivity index (χ1n) is 7.11. The second-order valence-electron chi connectivity index (χ2n) is 5.50. The van der Waals surface area contributed by atoms with Gasteiger partial charge in [0.25, 0.3) is 0 Å². The Hall–Kier alpha value is -0.860. The highest BCUT2D eigenvalue weighted by molar-refractivity contribution is 7.89. The summed E-state index contributed by atoms with van der Waals surface area (Å²) in [6, 6.07) is 4.34. The summed E-state index contributed by atoms with van der Waals surface area (Å²) in [4.78, 5) is 4.61. The zero-order valence-electron chi connectivity index (χ0n) is 12.5. The van der Waals surface area contributed by atoms with E-state index in [1.54, 1.807) is 14.2 Å². The third-order valence-corrected chi connectivity index (χ3v) is 5.35. The number of aromatic nitrogens is 1. The van der Waals surface area contributed by atoms with Crippen molar-refractivity contribution in [2.45, 2.75) is 37.6 Å². The Morgan fingerprint density at radius 1 is 1.48 bits per heavy atom. The molecule has 0 amide bonds. The third-order valence-electron chi connectivity index (χ3n) is 4.20. The molecule has 1 unspecified atom stereocenters. The van der Waals surface area contributed by atoms with Gasteiger partial charge in [0.05, 0.1) is 11.2 Å². The molecule has 2 N–H and O–H groups in total. The summed E-state index contributed by atoms with van der Waals surface area (Å²) in [6.45, 7) is 1.92. The first-order chi connectivity index (χ1) is 10.1. The van der Waals surface area contributed by atoms with Crippen LogP contribution in [0.3, 0.4) is 0 Å². The number of hydrogen-bond donors (Lipinski definition) is 2. The van der Waals surface area contributed by atoms with Gasteiger partial charge in [0.1, 0.15) is 11.6 Å². The summed E-state index contributed by atoms with van der Waals surface area (Å²) in [7, 11) is 3.18. The second kappa shape index (κ2) is 5.73. The second-order valence-corrected chi connectivity index (χ2v) is 6.98. The zero-order valence-corrected chi connectivity index (χ0v) is 13.3. The van der Waals surface area contributed by atoms with Crippen molar-refractivity contribution in [1.82, 2.24) is 9.71 Å². The molecule has 116 valence electrons. The van der Waals surface area contributed by atoms with Gasteiger partial charge in [-0.05, 0) is 25.8 Å². The highest BCUT2D eigenvalue weighted by atomic mass is 32.2. The monoisotopic (exact) mass is 311 g/mol. The standard InChI is InChI=1S/C14H21N3O3S/c1-4-21(18)17-14-7-9(8-14)15-12-10(14)5-6-11(16-12)13(19-2)20-3/h5-6,9,13,17H,4,7-8H2,1-3H3,(H,15,16). The Bertz CT molecular complexity index is 518. The molecule has 2 aliphatic heterocycles. The predicted octanol–water partition coefficient (Wildman–Crippen LogP) is 1.43. The van der Waals surface area contributed by atoms with Gasteiger partial charge in [-0.3, -0.25) is 0 Å². The SMILES string of the molecule is CC[S+]([O-])NC12CC(C1)Nc1nc(C(OC)OC)ccc12. The Morgan fingerprint density at radius 2 is 2.19 bits per heavy atom. The van der Waals surface area contributed by atoms with Gasteiger partial charge in [-0.25, -0.2) is 4.98 Å². The van der Waals surface area contributed by atoms with Crippen molar-refractivity contribution in [1.29, 1.82) is 0 Å². The number of nitrogens with zero attached hydrogens (tertiary/aromatic N) is 1. The molecule has 2 bridgehead atoms. The molecule has 0 radical (unpaired) electrons. The smallest absolute Gasteiger partial charge is 0.200 e. The number of methoxy groups -OCH3 is 2. The van der Waals surface area contributed by atoms with Crippen molar-refractivity contribution in [2.24, 2.45) is 0 Å². The van der Waals surface area contributed by atoms with Crippen LogP contribution in [-0.2, 0) is 26.4 Å². The van der Waals surface area contributed by atoms with Crippen LogP contribution in [0.25, 0.3) is 0 Å². The molecule has 1 aromatic rings. The molecular formula is C14H21N3O3S. The van der Waals surface area contributed by atoms with Gasteiger partial charge in [0, 0.05) is 37.2 Å². The quantitative estimate of drug-likeness (QED) is 0.611. The highest BCUT2D eigenvalue weighted by Crippen LogP contribution is 2.50. The molecule has 0 aromatic carbocycles. The fourth-order valence-electron chi connectivity index (χ4n) is 3.16. The van der Waals surface area contributed by atoms with Gasteiger partial charge >= 0.3 is 0 Å². The lowest BCUT2D eigenvalue weighted by Gasteiger charge is -2.52. The van der Waals surface area contributed by atoms with Crippen LogP contribution in [0.1, 0.15) is 37.3 Å². The molecule has 1 aliphatic carbocycles.